The normalized spacial score (nSPS) is 21.4. The Morgan fingerprint density at radius 3 is 3.00 bits per heavy atom. The number of fused-ring (bicyclic) bond motifs is 1. The molecule has 3 heteroatoms. The van der Waals surface area contributed by atoms with Crippen LogP contribution in [0.1, 0.15) is 42.4 Å². The van der Waals surface area contributed by atoms with Crippen LogP contribution < -0.4 is 10.6 Å². The number of carbonyl (C=O) groups is 1. The maximum atomic E-state index is 11.9. The van der Waals surface area contributed by atoms with E-state index in [-0.39, 0.29) is 5.91 Å². The number of rotatable bonds is 4. The number of nitrogens with one attached hydrogen (secondary N) is 2. The van der Waals surface area contributed by atoms with Gasteiger partial charge in [-0.1, -0.05) is 18.2 Å². The van der Waals surface area contributed by atoms with Crippen molar-refractivity contribution >= 4 is 5.91 Å². The molecule has 2 N–H and O–H groups in total. The molecule has 1 saturated heterocycles. The highest BCUT2D eigenvalue weighted by molar-refractivity contribution is 5.76. The van der Waals surface area contributed by atoms with Gasteiger partial charge in [0.25, 0.3) is 0 Å². The van der Waals surface area contributed by atoms with Crippen LogP contribution in [0.2, 0.25) is 0 Å². The van der Waals surface area contributed by atoms with Crippen molar-refractivity contribution in [2.45, 2.75) is 51.1 Å². The van der Waals surface area contributed by atoms with E-state index in [0.717, 1.165) is 13.0 Å². The minimum atomic E-state index is 0.167. The monoisotopic (exact) mass is 258 g/mol. The molecule has 1 heterocycles. The third kappa shape index (κ3) is 3.16. The molecule has 102 valence electrons. The second-order valence-electron chi connectivity index (χ2n) is 5.73. The van der Waals surface area contributed by atoms with Crippen LogP contribution in [0.5, 0.6) is 0 Å². The minimum Gasteiger partial charge on any atom is -0.352 e. The summed E-state index contributed by atoms with van der Waals surface area (Å²) in [6.45, 7) is 1.72. The Morgan fingerprint density at radius 2 is 2.16 bits per heavy atom. The summed E-state index contributed by atoms with van der Waals surface area (Å²) in [7, 11) is 0. The highest BCUT2D eigenvalue weighted by Crippen LogP contribution is 2.22. The molecule has 0 saturated carbocycles. The smallest absolute Gasteiger partial charge is 0.221 e. The molecule has 2 aliphatic rings. The van der Waals surface area contributed by atoms with E-state index in [1.807, 2.05) is 0 Å². The Morgan fingerprint density at radius 1 is 1.26 bits per heavy atom. The van der Waals surface area contributed by atoms with Crippen molar-refractivity contribution in [3.63, 3.8) is 0 Å². The molecule has 1 aromatic carbocycles. The maximum absolute atomic E-state index is 11.9. The van der Waals surface area contributed by atoms with Crippen LogP contribution in [0, 0.1) is 0 Å². The molecular weight excluding hydrogens is 236 g/mol. The van der Waals surface area contributed by atoms with Gasteiger partial charge in [0, 0.05) is 19.0 Å². The number of hydrogen-bond acceptors (Lipinski definition) is 2. The average molecular weight is 258 g/mol. The van der Waals surface area contributed by atoms with Crippen molar-refractivity contribution in [1.29, 1.82) is 0 Å². The fourth-order valence-electron chi connectivity index (χ4n) is 3.16. The lowest BCUT2D eigenvalue weighted by atomic mass is 10.1. The van der Waals surface area contributed by atoms with Gasteiger partial charge in [-0.05, 0) is 55.3 Å². The zero-order valence-electron chi connectivity index (χ0n) is 11.4. The van der Waals surface area contributed by atoms with Gasteiger partial charge < -0.3 is 10.6 Å². The van der Waals surface area contributed by atoms with Gasteiger partial charge >= 0.3 is 0 Å². The van der Waals surface area contributed by atoms with Gasteiger partial charge in [-0.3, -0.25) is 4.79 Å². The molecule has 3 rings (SSSR count). The van der Waals surface area contributed by atoms with Crippen molar-refractivity contribution in [3.8, 4) is 0 Å². The summed E-state index contributed by atoms with van der Waals surface area (Å²) >= 11 is 0. The molecule has 0 bridgehead atoms. The summed E-state index contributed by atoms with van der Waals surface area (Å²) in [4.78, 5) is 11.9. The van der Waals surface area contributed by atoms with Crippen LogP contribution in [0.3, 0.4) is 0 Å². The quantitative estimate of drug-likeness (QED) is 0.866. The summed E-state index contributed by atoms with van der Waals surface area (Å²) in [5, 5.41) is 6.40. The molecular formula is C16H22N2O. The SMILES string of the molecule is O=C(CC1CCCN1)NCc1ccc2c(c1)CCC2. The molecule has 1 amide bonds. The molecule has 19 heavy (non-hydrogen) atoms. The third-order valence-electron chi connectivity index (χ3n) is 4.25. The second-order valence-corrected chi connectivity index (χ2v) is 5.73. The average Bonchev–Trinajstić information content (AvgIpc) is 3.06. The van der Waals surface area contributed by atoms with Crippen molar-refractivity contribution < 1.29 is 4.79 Å². The Labute approximate surface area is 114 Å². The summed E-state index contributed by atoms with van der Waals surface area (Å²) in [6.07, 6.45) is 6.64. The van der Waals surface area contributed by atoms with E-state index in [2.05, 4.69) is 28.8 Å². The number of aryl methyl sites for hydroxylation is 2. The predicted octanol–water partition coefficient (Wildman–Crippen LogP) is 1.93. The summed E-state index contributed by atoms with van der Waals surface area (Å²) in [5.41, 5.74) is 4.20. The Bertz CT molecular complexity index is 464. The molecule has 1 aromatic rings. The molecule has 3 nitrogen and oxygen atoms in total. The first-order valence-electron chi connectivity index (χ1n) is 7.42. The van der Waals surface area contributed by atoms with Crippen molar-refractivity contribution in [2.75, 3.05) is 6.54 Å². The van der Waals surface area contributed by atoms with Gasteiger partial charge in [0.05, 0.1) is 0 Å². The van der Waals surface area contributed by atoms with Gasteiger partial charge in [-0.15, -0.1) is 0 Å². The topological polar surface area (TPSA) is 41.1 Å². The van der Waals surface area contributed by atoms with E-state index in [4.69, 9.17) is 0 Å². The molecule has 1 aliphatic heterocycles. The zero-order chi connectivity index (χ0) is 13.1. The number of amides is 1. The molecule has 0 spiro atoms. The standard InChI is InChI=1S/C16H22N2O/c19-16(10-15-5-2-8-17-15)18-11-12-6-7-13-3-1-4-14(13)9-12/h6-7,9,15,17H,1-5,8,10-11H2,(H,18,19). The fourth-order valence-corrected chi connectivity index (χ4v) is 3.16. The summed E-state index contributed by atoms with van der Waals surface area (Å²) in [5.74, 6) is 0.167. The van der Waals surface area contributed by atoms with Gasteiger partial charge in [-0.2, -0.15) is 0 Å². The molecule has 0 aromatic heterocycles. The molecule has 1 unspecified atom stereocenters. The van der Waals surface area contributed by atoms with Gasteiger partial charge in [0.2, 0.25) is 5.91 Å². The third-order valence-corrected chi connectivity index (χ3v) is 4.25. The number of hydrogen-bond donors (Lipinski definition) is 2. The highest BCUT2D eigenvalue weighted by Gasteiger charge is 2.17. The number of carbonyl (C=O) groups excluding carboxylic acids is 1. The van der Waals surface area contributed by atoms with Gasteiger partial charge in [0.1, 0.15) is 0 Å². The van der Waals surface area contributed by atoms with Crippen molar-refractivity contribution in [3.05, 3.63) is 34.9 Å². The highest BCUT2D eigenvalue weighted by atomic mass is 16.1. The maximum Gasteiger partial charge on any atom is 0.221 e. The van der Waals surface area contributed by atoms with Crippen LogP contribution in [-0.4, -0.2) is 18.5 Å². The van der Waals surface area contributed by atoms with Crippen LogP contribution in [-0.2, 0) is 24.2 Å². The van der Waals surface area contributed by atoms with Gasteiger partial charge in [0.15, 0.2) is 0 Å². The first kappa shape index (κ1) is 12.7. The largest absolute Gasteiger partial charge is 0.352 e. The summed E-state index contributed by atoms with van der Waals surface area (Å²) < 4.78 is 0. The van der Waals surface area contributed by atoms with E-state index < -0.39 is 0 Å². The van der Waals surface area contributed by atoms with Crippen LogP contribution in [0.15, 0.2) is 18.2 Å². The van der Waals surface area contributed by atoms with Crippen LogP contribution in [0.25, 0.3) is 0 Å². The van der Waals surface area contributed by atoms with Crippen LogP contribution in [0.4, 0.5) is 0 Å². The van der Waals surface area contributed by atoms with E-state index >= 15 is 0 Å². The predicted molar refractivity (Wildman–Crippen MR) is 76.0 cm³/mol. The molecule has 1 fully saturated rings. The second kappa shape index (κ2) is 5.74. The lowest BCUT2D eigenvalue weighted by Gasteiger charge is -2.11. The first-order chi connectivity index (χ1) is 9.31. The fraction of sp³-hybridized carbons (Fsp3) is 0.562. The lowest BCUT2D eigenvalue weighted by Crippen LogP contribution is -2.31. The zero-order valence-corrected chi connectivity index (χ0v) is 11.4. The first-order valence-corrected chi connectivity index (χ1v) is 7.42. The van der Waals surface area contributed by atoms with E-state index in [9.17, 15) is 4.79 Å². The molecule has 0 radical (unpaired) electrons. The number of benzene rings is 1. The van der Waals surface area contributed by atoms with Gasteiger partial charge in [-0.25, -0.2) is 0 Å². The van der Waals surface area contributed by atoms with Crippen molar-refractivity contribution in [1.82, 2.24) is 10.6 Å². The van der Waals surface area contributed by atoms with E-state index in [0.29, 0.717) is 19.0 Å². The Kier molecular flexibility index (Phi) is 3.83. The Hall–Kier alpha value is -1.35. The van der Waals surface area contributed by atoms with Crippen molar-refractivity contribution in [2.24, 2.45) is 0 Å². The minimum absolute atomic E-state index is 0.167. The van der Waals surface area contributed by atoms with Crippen LogP contribution >= 0.6 is 0 Å². The van der Waals surface area contributed by atoms with E-state index in [1.165, 1.54) is 42.4 Å². The van der Waals surface area contributed by atoms with E-state index in [1.54, 1.807) is 0 Å². The molecule has 1 aliphatic carbocycles. The molecule has 1 atom stereocenters. The Balaban J connectivity index is 1.50. The lowest BCUT2D eigenvalue weighted by molar-refractivity contribution is -0.121. The summed E-state index contributed by atoms with van der Waals surface area (Å²) in [6, 6.07) is 7.02.